The van der Waals surface area contributed by atoms with Gasteiger partial charge >= 0.3 is 0 Å². The molecule has 0 aliphatic carbocycles. The number of amides is 1. The van der Waals surface area contributed by atoms with E-state index in [-0.39, 0.29) is 5.91 Å². The molecule has 5 nitrogen and oxygen atoms in total. The fraction of sp³-hybridized carbons (Fsp3) is 0.320. The van der Waals surface area contributed by atoms with Gasteiger partial charge in [0.15, 0.2) is 5.82 Å². The first-order chi connectivity index (χ1) is 15.1. The molecule has 1 saturated heterocycles. The van der Waals surface area contributed by atoms with Gasteiger partial charge in [0.1, 0.15) is 0 Å². The van der Waals surface area contributed by atoms with E-state index in [9.17, 15) is 4.79 Å². The molecule has 31 heavy (non-hydrogen) atoms. The number of carbonyl (C=O) groups excluding carboxylic acids is 1. The van der Waals surface area contributed by atoms with Gasteiger partial charge in [0, 0.05) is 37.5 Å². The summed E-state index contributed by atoms with van der Waals surface area (Å²) >= 11 is 1.68. The molecule has 6 heteroatoms. The highest BCUT2D eigenvalue weighted by Crippen LogP contribution is 2.23. The highest BCUT2D eigenvalue weighted by Gasteiger charge is 2.22. The van der Waals surface area contributed by atoms with E-state index >= 15 is 0 Å². The van der Waals surface area contributed by atoms with Crippen LogP contribution in [0.25, 0.3) is 11.3 Å². The number of nitrogens with zero attached hydrogens (tertiary/aromatic N) is 4. The second-order valence-corrected chi connectivity index (χ2v) is 8.93. The topological polar surface area (TPSA) is 49.3 Å². The van der Waals surface area contributed by atoms with Crippen LogP contribution in [0.4, 0.5) is 5.82 Å². The predicted octanol–water partition coefficient (Wildman–Crippen LogP) is 4.34. The molecule has 160 valence electrons. The molecule has 3 aromatic rings. The molecule has 1 aliphatic rings. The Hall–Kier alpha value is -2.86. The summed E-state index contributed by atoms with van der Waals surface area (Å²) in [5.74, 6) is 2.49. The van der Waals surface area contributed by atoms with Gasteiger partial charge in [0.25, 0.3) is 0 Å². The van der Waals surface area contributed by atoms with Crippen LogP contribution in [0.15, 0.2) is 60.7 Å². The van der Waals surface area contributed by atoms with Crippen LogP contribution in [0.2, 0.25) is 0 Å². The molecule has 1 aromatic heterocycles. The second kappa shape index (κ2) is 9.96. The molecule has 0 spiro atoms. The number of hydrogen-bond donors (Lipinski definition) is 0. The monoisotopic (exact) mass is 432 g/mol. The number of rotatable bonds is 6. The fourth-order valence-electron chi connectivity index (χ4n) is 3.85. The lowest BCUT2D eigenvalue weighted by molar-refractivity contribution is -0.128. The molecule has 0 bridgehead atoms. The summed E-state index contributed by atoms with van der Waals surface area (Å²) < 4.78 is 0. The van der Waals surface area contributed by atoms with E-state index in [4.69, 9.17) is 0 Å². The number of thioether (sulfide) groups is 1. The number of carbonyl (C=O) groups is 1. The maximum absolute atomic E-state index is 12.5. The third-order valence-electron chi connectivity index (χ3n) is 5.60. The van der Waals surface area contributed by atoms with Crippen LogP contribution >= 0.6 is 11.8 Å². The molecular formula is C25H28N4OS. The molecule has 0 unspecified atom stereocenters. The first-order valence-corrected chi connectivity index (χ1v) is 11.8. The Labute approximate surface area is 188 Å². The van der Waals surface area contributed by atoms with Crippen molar-refractivity contribution in [3.05, 3.63) is 77.4 Å². The molecule has 0 N–H and O–H groups in total. The molecule has 4 rings (SSSR count). The van der Waals surface area contributed by atoms with Crippen molar-refractivity contribution < 1.29 is 4.79 Å². The minimum absolute atomic E-state index is 0.219. The van der Waals surface area contributed by atoms with Gasteiger partial charge in [0.2, 0.25) is 5.91 Å². The van der Waals surface area contributed by atoms with Crippen LogP contribution in [0.1, 0.15) is 16.7 Å². The maximum Gasteiger partial charge on any atom is 0.232 e. The Kier molecular flexibility index (Phi) is 6.87. The zero-order chi connectivity index (χ0) is 21.6. The standard InChI is InChI=1S/C25H28N4OS/c1-19-8-9-22(20(2)16-19)23-10-11-24(27-26-23)28-12-14-29(15-13-28)25(30)18-31-17-21-6-4-3-5-7-21/h3-11,16H,12-15,17-18H2,1-2H3. The van der Waals surface area contributed by atoms with Crippen molar-refractivity contribution in [3.63, 3.8) is 0 Å². The third kappa shape index (κ3) is 5.44. The van der Waals surface area contributed by atoms with Crippen molar-refractivity contribution in [2.24, 2.45) is 0 Å². The smallest absolute Gasteiger partial charge is 0.232 e. The average Bonchev–Trinajstić information content (AvgIpc) is 2.80. The summed E-state index contributed by atoms with van der Waals surface area (Å²) in [7, 11) is 0. The molecule has 2 aromatic carbocycles. The molecule has 1 fully saturated rings. The summed E-state index contributed by atoms with van der Waals surface area (Å²) in [6.45, 7) is 7.22. The zero-order valence-electron chi connectivity index (χ0n) is 18.1. The predicted molar refractivity (Wildman–Crippen MR) is 128 cm³/mol. The van der Waals surface area contributed by atoms with E-state index in [0.717, 1.165) is 49.0 Å². The van der Waals surface area contributed by atoms with Crippen LogP contribution in [0.5, 0.6) is 0 Å². The van der Waals surface area contributed by atoms with Crippen molar-refractivity contribution >= 4 is 23.5 Å². The lowest BCUT2D eigenvalue weighted by atomic mass is 10.0. The lowest BCUT2D eigenvalue weighted by Gasteiger charge is -2.35. The van der Waals surface area contributed by atoms with E-state index in [1.54, 1.807) is 11.8 Å². The SMILES string of the molecule is Cc1ccc(-c2ccc(N3CCN(C(=O)CSCc4ccccc4)CC3)nn2)c(C)c1. The highest BCUT2D eigenvalue weighted by atomic mass is 32.2. The molecule has 0 atom stereocenters. The van der Waals surface area contributed by atoms with E-state index < -0.39 is 0 Å². The van der Waals surface area contributed by atoms with Gasteiger partial charge < -0.3 is 9.80 Å². The molecular weight excluding hydrogens is 404 g/mol. The van der Waals surface area contributed by atoms with E-state index in [0.29, 0.717) is 5.75 Å². The maximum atomic E-state index is 12.5. The van der Waals surface area contributed by atoms with Gasteiger partial charge in [-0.15, -0.1) is 22.0 Å². The van der Waals surface area contributed by atoms with E-state index in [2.05, 4.69) is 59.3 Å². The van der Waals surface area contributed by atoms with Gasteiger partial charge in [0.05, 0.1) is 11.4 Å². The van der Waals surface area contributed by atoms with Crippen molar-refractivity contribution in [2.75, 3.05) is 36.8 Å². The number of piperazine rings is 1. The lowest BCUT2D eigenvalue weighted by Crippen LogP contribution is -2.49. The van der Waals surface area contributed by atoms with Gasteiger partial charge in [-0.1, -0.05) is 54.1 Å². The molecule has 2 heterocycles. The Morgan fingerprint density at radius 1 is 0.935 bits per heavy atom. The van der Waals surface area contributed by atoms with Crippen molar-refractivity contribution in [3.8, 4) is 11.3 Å². The molecule has 1 aliphatic heterocycles. The Bertz CT molecular complexity index is 1020. The van der Waals surface area contributed by atoms with Gasteiger partial charge in [-0.05, 0) is 37.1 Å². The summed E-state index contributed by atoms with van der Waals surface area (Å²) in [6.07, 6.45) is 0. The number of benzene rings is 2. The zero-order valence-corrected chi connectivity index (χ0v) is 18.9. The van der Waals surface area contributed by atoms with Crippen molar-refractivity contribution in [1.29, 1.82) is 0 Å². The number of aromatic nitrogens is 2. The number of aryl methyl sites for hydroxylation is 2. The van der Waals surface area contributed by atoms with Crippen LogP contribution in [-0.2, 0) is 10.5 Å². The van der Waals surface area contributed by atoms with Crippen LogP contribution < -0.4 is 4.90 Å². The van der Waals surface area contributed by atoms with Gasteiger partial charge in [-0.25, -0.2) is 0 Å². The molecule has 1 amide bonds. The number of anilines is 1. The highest BCUT2D eigenvalue weighted by molar-refractivity contribution is 7.99. The Balaban J connectivity index is 1.28. The average molecular weight is 433 g/mol. The minimum Gasteiger partial charge on any atom is -0.352 e. The van der Waals surface area contributed by atoms with Gasteiger partial charge in [-0.3, -0.25) is 4.79 Å². The summed E-state index contributed by atoms with van der Waals surface area (Å²) in [6, 6.07) is 20.7. The van der Waals surface area contributed by atoms with E-state index in [1.165, 1.54) is 16.7 Å². The minimum atomic E-state index is 0.219. The van der Waals surface area contributed by atoms with Crippen LogP contribution in [-0.4, -0.2) is 52.9 Å². The molecule has 0 radical (unpaired) electrons. The normalized spacial score (nSPS) is 14.0. The second-order valence-electron chi connectivity index (χ2n) is 7.94. The molecule has 0 saturated carbocycles. The number of hydrogen-bond acceptors (Lipinski definition) is 5. The van der Waals surface area contributed by atoms with Crippen molar-refractivity contribution in [1.82, 2.24) is 15.1 Å². The summed E-state index contributed by atoms with van der Waals surface area (Å²) in [4.78, 5) is 16.7. The van der Waals surface area contributed by atoms with E-state index in [1.807, 2.05) is 35.2 Å². The quantitative estimate of drug-likeness (QED) is 0.580. The van der Waals surface area contributed by atoms with Crippen molar-refractivity contribution in [2.45, 2.75) is 19.6 Å². The van der Waals surface area contributed by atoms with Crippen LogP contribution in [0, 0.1) is 13.8 Å². The summed E-state index contributed by atoms with van der Waals surface area (Å²) in [5.41, 5.74) is 5.72. The summed E-state index contributed by atoms with van der Waals surface area (Å²) in [5, 5.41) is 8.93. The Morgan fingerprint density at radius 2 is 1.71 bits per heavy atom. The first-order valence-electron chi connectivity index (χ1n) is 10.7. The fourth-order valence-corrected chi connectivity index (χ4v) is 4.73. The van der Waals surface area contributed by atoms with Gasteiger partial charge in [-0.2, -0.15) is 0 Å². The first kappa shape index (κ1) is 21.4. The largest absolute Gasteiger partial charge is 0.352 e. The van der Waals surface area contributed by atoms with Crippen LogP contribution in [0.3, 0.4) is 0 Å². The Morgan fingerprint density at radius 3 is 2.39 bits per heavy atom. The third-order valence-corrected chi connectivity index (χ3v) is 6.59.